The van der Waals surface area contributed by atoms with Gasteiger partial charge >= 0.3 is 14.0 Å². The van der Waals surface area contributed by atoms with Crippen molar-refractivity contribution in [3.05, 3.63) is 0 Å². The van der Waals surface area contributed by atoms with Gasteiger partial charge in [0.2, 0.25) is 0 Å². The van der Waals surface area contributed by atoms with Crippen LogP contribution in [-0.2, 0) is 0 Å². The molecule has 2 aliphatic rings. The van der Waals surface area contributed by atoms with E-state index in [1.807, 2.05) is 0 Å². The van der Waals surface area contributed by atoms with E-state index in [1.165, 1.54) is 39.0 Å². The summed E-state index contributed by atoms with van der Waals surface area (Å²) in [4.78, 5) is 10.7. The van der Waals surface area contributed by atoms with Crippen LogP contribution in [0.4, 0.5) is 0 Å². The van der Waals surface area contributed by atoms with Crippen molar-refractivity contribution in [2.45, 2.75) is 105 Å². The summed E-state index contributed by atoms with van der Waals surface area (Å²) in [7, 11) is 0. The van der Waals surface area contributed by atoms with Gasteiger partial charge in [-0.25, -0.2) is 0 Å². The van der Waals surface area contributed by atoms with Crippen LogP contribution in [0.15, 0.2) is 0 Å². The van der Waals surface area contributed by atoms with E-state index in [1.54, 1.807) is 0 Å². The Kier molecular flexibility index (Phi) is 6.97. The Hall–Kier alpha value is -0.0301. The summed E-state index contributed by atoms with van der Waals surface area (Å²) in [5, 5.41) is 0. The predicted molar refractivity (Wildman–Crippen MR) is 118 cm³/mol. The molecule has 2 aliphatic heterocycles. The van der Waals surface area contributed by atoms with Crippen molar-refractivity contribution in [3.63, 3.8) is 0 Å². The van der Waals surface area contributed by atoms with Crippen molar-refractivity contribution in [1.29, 1.82) is 0 Å². The first-order chi connectivity index (χ1) is 11.9. The molecule has 6 heteroatoms. The van der Waals surface area contributed by atoms with E-state index in [0.717, 1.165) is 0 Å². The number of hydrogen-bond donors (Lipinski definition) is 0. The summed E-state index contributed by atoms with van der Waals surface area (Å²) < 4.78 is 0. The first-order valence-corrected chi connectivity index (χ1v) is 10.9. The summed E-state index contributed by atoms with van der Waals surface area (Å²) >= 11 is 0. The van der Waals surface area contributed by atoms with Crippen molar-refractivity contribution in [3.8, 4) is 0 Å². The molecule has 0 aromatic carbocycles. The molecule has 2 saturated heterocycles. The monoisotopic (exact) mass is 362 g/mol. The molecular weight excluding hydrogens is 318 g/mol. The second-order valence-electron chi connectivity index (χ2n) is 10.6. The molecule has 0 aromatic heterocycles. The van der Waals surface area contributed by atoms with Crippen LogP contribution in [0, 0.1) is 0 Å². The van der Waals surface area contributed by atoms with Crippen LogP contribution in [-0.4, -0.2) is 82.5 Å². The number of rotatable bonds is 6. The Morgan fingerprint density at radius 1 is 0.769 bits per heavy atom. The summed E-state index contributed by atoms with van der Waals surface area (Å²) in [6.45, 7) is 29.7. The second-order valence-corrected chi connectivity index (χ2v) is 10.6. The van der Waals surface area contributed by atoms with Gasteiger partial charge in [-0.2, -0.15) is 0 Å². The molecule has 26 heavy (non-hydrogen) atoms. The Labute approximate surface area is 164 Å². The maximum Gasteiger partial charge on any atom is 0.308 e. The summed E-state index contributed by atoms with van der Waals surface area (Å²) in [6.07, 6.45) is 2.55. The Morgan fingerprint density at radius 3 is 1.77 bits per heavy atom. The molecule has 2 heterocycles. The van der Waals surface area contributed by atoms with Gasteiger partial charge < -0.3 is 19.2 Å². The topological polar surface area (TPSA) is 13.0 Å². The normalized spacial score (nSPS) is 23.7. The van der Waals surface area contributed by atoms with Gasteiger partial charge in [-0.05, 0) is 59.5 Å². The fourth-order valence-corrected chi connectivity index (χ4v) is 5.41. The van der Waals surface area contributed by atoms with E-state index in [-0.39, 0.29) is 11.1 Å². The van der Waals surface area contributed by atoms with Gasteiger partial charge in [0.05, 0.1) is 0 Å². The maximum absolute atomic E-state index is 2.73. The average molecular weight is 362 g/mol. The molecule has 2 fully saturated rings. The second kappa shape index (κ2) is 8.14. The number of hydrogen-bond acceptors (Lipinski definition) is 4. The minimum absolute atomic E-state index is 0.253. The molecule has 0 radical (unpaired) electrons. The Bertz CT molecular complexity index is 463. The first kappa shape index (κ1) is 22.3. The molecule has 0 amide bonds. The zero-order chi connectivity index (χ0) is 19.9. The minimum atomic E-state index is 0.253. The number of nitrogens with zero attached hydrogens (tertiary/aromatic N) is 4. The molecule has 0 N–H and O–H groups in total. The van der Waals surface area contributed by atoms with Crippen molar-refractivity contribution in [1.82, 2.24) is 19.2 Å². The van der Waals surface area contributed by atoms with Gasteiger partial charge in [0.1, 0.15) is 0 Å². The van der Waals surface area contributed by atoms with E-state index in [4.69, 9.17) is 0 Å². The van der Waals surface area contributed by atoms with Gasteiger partial charge in [-0.15, -0.1) is 0 Å². The third-order valence-electron chi connectivity index (χ3n) is 7.10. The standard InChI is InChI=1S/C20H44B2N4/c1-17(2)23-13-14-24(21(23)9)18(3)11-12-20(7,8)26-16-15-25(22(26)10)19(4,5)6/h17-18H,11-16H2,1-10H3. The van der Waals surface area contributed by atoms with Crippen molar-refractivity contribution in [2.75, 3.05) is 26.2 Å². The molecule has 0 bridgehead atoms. The molecule has 2 rings (SSSR count). The molecule has 1 unspecified atom stereocenters. The largest absolute Gasteiger partial charge is 0.325 e. The fraction of sp³-hybridized carbons (Fsp3) is 1.00. The molecule has 0 saturated carbocycles. The fourth-order valence-electron chi connectivity index (χ4n) is 5.41. The molecular formula is C20H44B2N4. The van der Waals surface area contributed by atoms with E-state index in [0.29, 0.717) is 26.0 Å². The highest BCUT2D eigenvalue weighted by molar-refractivity contribution is 6.52. The van der Waals surface area contributed by atoms with E-state index in [2.05, 4.69) is 88.3 Å². The van der Waals surface area contributed by atoms with Crippen LogP contribution in [0.5, 0.6) is 0 Å². The van der Waals surface area contributed by atoms with Crippen LogP contribution < -0.4 is 0 Å². The molecule has 4 nitrogen and oxygen atoms in total. The van der Waals surface area contributed by atoms with Crippen LogP contribution in [0.1, 0.15) is 68.2 Å². The highest BCUT2D eigenvalue weighted by Crippen LogP contribution is 2.31. The van der Waals surface area contributed by atoms with E-state index < -0.39 is 0 Å². The summed E-state index contributed by atoms with van der Waals surface area (Å²) in [6, 6.07) is 1.30. The third kappa shape index (κ3) is 4.68. The van der Waals surface area contributed by atoms with E-state index >= 15 is 0 Å². The van der Waals surface area contributed by atoms with Crippen molar-refractivity contribution < 1.29 is 0 Å². The van der Waals surface area contributed by atoms with Crippen LogP contribution in [0.3, 0.4) is 0 Å². The minimum Gasteiger partial charge on any atom is -0.325 e. The lowest BCUT2D eigenvalue weighted by Gasteiger charge is -2.42. The maximum atomic E-state index is 2.73. The van der Waals surface area contributed by atoms with E-state index in [9.17, 15) is 0 Å². The van der Waals surface area contributed by atoms with Gasteiger partial charge in [0.15, 0.2) is 0 Å². The van der Waals surface area contributed by atoms with Crippen LogP contribution in [0.25, 0.3) is 0 Å². The van der Waals surface area contributed by atoms with Crippen molar-refractivity contribution in [2.24, 2.45) is 0 Å². The lowest BCUT2D eigenvalue weighted by Crippen LogP contribution is -2.56. The zero-order valence-corrected chi connectivity index (χ0v) is 19.3. The molecule has 0 spiro atoms. The zero-order valence-electron chi connectivity index (χ0n) is 19.3. The first-order valence-electron chi connectivity index (χ1n) is 10.9. The average Bonchev–Trinajstić information content (AvgIpc) is 3.08. The molecule has 0 aliphatic carbocycles. The lowest BCUT2D eigenvalue weighted by molar-refractivity contribution is 0.204. The molecule has 150 valence electrons. The third-order valence-corrected chi connectivity index (χ3v) is 7.10. The van der Waals surface area contributed by atoms with Crippen LogP contribution >= 0.6 is 0 Å². The summed E-state index contributed by atoms with van der Waals surface area (Å²) in [5.41, 5.74) is 0.511. The van der Waals surface area contributed by atoms with Crippen LogP contribution in [0.2, 0.25) is 13.6 Å². The predicted octanol–water partition coefficient (Wildman–Crippen LogP) is 3.61. The lowest BCUT2D eigenvalue weighted by atomic mass is 9.70. The van der Waals surface area contributed by atoms with Gasteiger partial charge in [-0.1, -0.05) is 34.4 Å². The van der Waals surface area contributed by atoms with Gasteiger partial charge in [-0.3, -0.25) is 0 Å². The molecule has 0 aromatic rings. The van der Waals surface area contributed by atoms with Crippen molar-refractivity contribution >= 4 is 14.0 Å². The Morgan fingerprint density at radius 2 is 1.31 bits per heavy atom. The highest BCUT2D eigenvalue weighted by Gasteiger charge is 2.44. The molecule has 1 atom stereocenters. The Balaban J connectivity index is 1.92. The quantitative estimate of drug-likeness (QED) is 0.670. The smallest absolute Gasteiger partial charge is 0.308 e. The van der Waals surface area contributed by atoms with Gasteiger partial charge in [0.25, 0.3) is 0 Å². The summed E-state index contributed by atoms with van der Waals surface area (Å²) in [5.74, 6) is 0. The SMILES string of the molecule is CB1N(C(C)C)CCN1C(C)CCC(C)(C)N1CCN(C(C)(C)C)B1C. The van der Waals surface area contributed by atoms with Gasteiger partial charge in [0, 0.05) is 37.3 Å². The highest BCUT2D eigenvalue weighted by atomic mass is 15.3.